The third-order valence-electron chi connectivity index (χ3n) is 5.76. The molecule has 32 heavy (non-hydrogen) atoms. The Labute approximate surface area is 192 Å². The summed E-state index contributed by atoms with van der Waals surface area (Å²) >= 11 is 1.36. The Morgan fingerprint density at radius 2 is 1.62 bits per heavy atom. The van der Waals surface area contributed by atoms with Gasteiger partial charge in [0.05, 0.1) is 20.8 Å². The van der Waals surface area contributed by atoms with Crippen molar-refractivity contribution in [2.24, 2.45) is 5.92 Å². The van der Waals surface area contributed by atoms with Crippen LogP contribution in [0.25, 0.3) is 0 Å². The standard InChI is InChI=1S/C24H28N4O3S/c1-30-20-7-3-17(4-8-20)15-18-11-13-28(14-12-18)16-22-26-27-24(32-22)23(29)25-19-5-9-21(31-2)10-6-19/h3-10,18H,11-16H2,1-2H3,(H,25,29). The number of carbonyl (C=O) groups excluding carboxylic acids is 1. The lowest BCUT2D eigenvalue weighted by Crippen LogP contribution is -2.33. The van der Waals surface area contributed by atoms with Crippen LogP contribution < -0.4 is 14.8 Å². The van der Waals surface area contributed by atoms with E-state index < -0.39 is 0 Å². The van der Waals surface area contributed by atoms with E-state index >= 15 is 0 Å². The first-order chi connectivity index (χ1) is 15.6. The molecule has 2 aromatic carbocycles. The molecule has 168 valence electrons. The Kier molecular flexibility index (Phi) is 7.34. The number of anilines is 1. The number of aromatic nitrogens is 2. The van der Waals surface area contributed by atoms with Gasteiger partial charge in [-0.2, -0.15) is 0 Å². The minimum Gasteiger partial charge on any atom is -0.497 e. The summed E-state index contributed by atoms with van der Waals surface area (Å²) in [5.74, 6) is 2.10. The third-order valence-corrected chi connectivity index (χ3v) is 6.67. The maximum Gasteiger partial charge on any atom is 0.286 e. The normalized spacial score (nSPS) is 14.8. The van der Waals surface area contributed by atoms with Gasteiger partial charge >= 0.3 is 0 Å². The summed E-state index contributed by atoms with van der Waals surface area (Å²) in [7, 11) is 3.30. The molecule has 0 saturated carbocycles. The van der Waals surface area contributed by atoms with Gasteiger partial charge in [0, 0.05) is 5.69 Å². The Hall–Kier alpha value is -2.97. The van der Waals surface area contributed by atoms with Crippen LogP contribution in [-0.4, -0.2) is 48.3 Å². The Bertz CT molecular complexity index is 1010. The minimum absolute atomic E-state index is 0.239. The second kappa shape index (κ2) is 10.6. The first-order valence-corrected chi connectivity index (χ1v) is 11.6. The summed E-state index contributed by atoms with van der Waals surface area (Å²) in [6.07, 6.45) is 3.43. The van der Waals surface area contributed by atoms with E-state index in [0.29, 0.717) is 16.6 Å². The highest BCUT2D eigenvalue weighted by Gasteiger charge is 2.21. The second-order valence-corrected chi connectivity index (χ2v) is 9.02. The Morgan fingerprint density at radius 3 is 2.25 bits per heavy atom. The fourth-order valence-corrected chi connectivity index (χ4v) is 4.68. The molecule has 1 aliphatic heterocycles. The van der Waals surface area contributed by atoms with Crippen LogP contribution in [0.1, 0.15) is 33.2 Å². The van der Waals surface area contributed by atoms with Crippen LogP contribution in [-0.2, 0) is 13.0 Å². The van der Waals surface area contributed by atoms with Crippen molar-refractivity contribution in [1.29, 1.82) is 0 Å². The van der Waals surface area contributed by atoms with Gasteiger partial charge in [0.15, 0.2) is 0 Å². The zero-order valence-corrected chi connectivity index (χ0v) is 19.2. The predicted octanol–water partition coefficient (Wildman–Crippen LogP) is 4.26. The van der Waals surface area contributed by atoms with E-state index in [4.69, 9.17) is 9.47 Å². The lowest BCUT2D eigenvalue weighted by Gasteiger charge is -2.31. The van der Waals surface area contributed by atoms with Gasteiger partial charge in [0.25, 0.3) is 5.91 Å². The SMILES string of the molecule is COc1ccc(CC2CCN(Cc3nnc(C(=O)Nc4ccc(OC)cc4)s3)CC2)cc1. The Morgan fingerprint density at radius 1 is 1.00 bits per heavy atom. The maximum atomic E-state index is 12.5. The fourth-order valence-electron chi connectivity index (χ4n) is 3.90. The van der Waals surface area contributed by atoms with Gasteiger partial charge in [-0.1, -0.05) is 23.5 Å². The van der Waals surface area contributed by atoms with E-state index in [1.165, 1.54) is 16.9 Å². The predicted molar refractivity (Wildman–Crippen MR) is 126 cm³/mol. The second-order valence-electron chi connectivity index (χ2n) is 7.96. The van der Waals surface area contributed by atoms with Crippen LogP contribution in [0.15, 0.2) is 48.5 Å². The van der Waals surface area contributed by atoms with E-state index in [2.05, 4.69) is 32.5 Å². The molecule has 1 saturated heterocycles. The molecule has 1 fully saturated rings. The van der Waals surface area contributed by atoms with Crippen molar-refractivity contribution in [2.75, 3.05) is 32.6 Å². The van der Waals surface area contributed by atoms with E-state index in [0.717, 1.165) is 55.4 Å². The van der Waals surface area contributed by atoms with Gasteiger partial charge in [-0.25, -0.2) is 0 Å². The zero-order valence-electron chi connectivity index (χ0n) is 18.4. The number of likely N-dealkylation sites (tertiary alicyclic amines) is 1. The van der Waals surface area contributed by atoms with Gasteiger partial charge in [0.1, 0.15) is 16.5 Å². The number of amides is 1. The molecule has 0 bridgehead atoms. The molecule has 7 nitrogen and oxygen atoms in total. The summed E-state index contributed by atoms with van der Waals surface area (Å²) in [6, 6.07) is 15.6. The van der Waals surface area contributed by atoms with Crippen molar-refractivity contribution in [2.45, 2.75) is 25.8 Å². The molecule has 1 amide bonds. The summed E-state index contributed by atoms with van der Waals surface area (Å²) in [6.45, 7) is 2.81. The molecule has 1 aliphatic rings. The van der Waals surface area contributed by atoms with Gasteiger partial charge in [-0.3, -0.25) is 9.69 Å². The maximum absolute atomic E-state index is 12.5. The number of rotatable bonds is 8. The number of nitrogens with zero attached hydrogens (tertiary/aromatic N) is 3. The monoisotopic (exact) mass is 452 g/mol. The average Bonchev–Trinajstić information content (AvgIpc) is 3.30. The average molecular weight is 453 g/mol. The number of ether oxygens (including phenoxy) is 2. The molecule has 2 heterocycles. The van der Waals surface area contributed by atoms with Crippen molar-refractivity contribution >= 4 is 22.9 Å². The van der Waals surface area contributed by atoms with E-state index in [1.807, 2.05) is 12.1 Å². The number of methoxy groups -OCH3 is 2. The van der Waals surface area contributed by atoms with Gasteiger partial charge in [-0.05, 0) is 80.2 Å². The topological polar surface area (TPSA) is 76.6 Å². The number of benzene rings is 2. The molecule has 8 heteroatoms. The van der Waals surface area contributed by atoms with E-state index in [1.54, 1.807) is 38.5 Å². The van der Waals surface area contributed by atoms with E-state index in [-0.39, 0.29) is 5.91 Å². The molecule has 0 unspecified atom stereocenters. The largest absolute Gasteiger partial charge is 0.497 e. The molecule has 1 N–H and O–H groups in total. The Balaban J connectivity index is 1.24. The highest BCUT2D eigenvalue weighted by Crippen LogP contribution is 2.25. The van der Waals surface area contributed by atoms with Crippen LogP contribution >= 0.6 is 11.3 Å². The lowest BCUT2D eigenvalue weighted by molar-refractivity contribution is 0.102. The third kappa shape index (κ3) is 5.83. The molecule has 0 spiro atoms. The van der Waals surface area contributed by atoms with Crippen molar-refractivity contribution in [1.82, 2.24) is 15.1 Å². The summed E-state index contributed by atoms with van der Waals surface area (Å²) in [5.41, 5.74) is 2.06. The van der Waals surface area contributed by atoms with Crippen molar-refractivity contribution in [3.63, 3.8) is 0 Å². The number of nitrogens with one attached hydrogen (secondary N) is 1. The smallest absolute Gasteiger partial charge is 0.286 e. The summed E-state index contributed by atoms with van der Waals surface area (Å²) in [4.78, 5) is 14.9. The first-order valence-electron chi connectivity index (χ1n) is 10.8. The van der Waals surface area contributed by atoms with Crippen molar-refractivity contribution in [3.05, 3.63) is 64.1 Å². The molecular weight excluding hydrogens is 424 g/mol. The first kappa shape index (κ1) is 22.2. The number of hydrogen-bond donors (Lipinski definition) is 1. The van der Waals surface area contributed by atoms with Crippen LogP contribution in [0.2, 0.25) is 0 Å². The van der Waals surface area contributed by atoms with Gasteiger partial charge in [0.2, 0.25) is 5.01 Å². The van der Waals surface area contributed by atoms with Crippen LogP contribution in [0, 0.1) is 5.92 Å². The zero-order chi connectivity index (χ0) is 22.3. The quantitative estimate of drug-likeness (QED) is 0.550. The highest BCUT2D eigenvalue weighted by atomic mass is 32.1. The number of hydrogen-bond acceptors (Lipinski definition) is 7. The lowest BCUT2D eigenvalue weighted by atomic mass is 9.90. The van der Waals surface area contributed by atoms with Gasteiger partial charge in [-0.15, -0.1) is 10.2 Å². The molecule has 0 aliphatic carbocycles. The molecule has 0 radical (unpaired) electrons. The van der Waals surface area contributed by atoms with Crippen LogP contribution in [0.5, 0.6) is 11.5 Å². The summed E-state index contributed by atoms with van der Waals surface area (Å²) in [5, 5.41) is 12.4. The fraction of sp³-hybridized carbons (Fsp3) is 0.375. The van der Waals surface area contributed by atoms with Crippen molar-refractivity contribution in [3.8, 4) is 11.5 Å². The summed E-state index contributed by atoms with van der Waals surface area (Å²) < 4.78 is 10.4. The number of piperidine rings is 1. The van der Waals surface area contributed by atoms with Crippen molar-refractivity contribution < 1.29 is 14.3 Å². The molecule has 0 atom stereocenters. The molecular formula is C24H28N4O3S. The molecule has 1 aromatic heterocycles. The molecule has 4 rings (SSSR count). The van der Waals surface area contributed by atoms with E-state index in [9.17, 15) is 4.79 Å². The molecule has 3 aromatic rings. The van der Waals surface area contributed by atoms with Crippen LogP contribution in [0.3, 0.4) is 0 Å². The van der Waals surface area contributed by atoms with Gasteiger partial charge < -0.3 is 14.8 Å². The minimum atomic E-state index is -0.239. The number of carbonyl (C=O) groups is 1. The highest BCUT2D eigenvalue weighted by molar-refractivity contribution is 7.13. The van der Waals surface area contributed by atoms with Crippen LogP contribution in [0.4, 0.5) is 5.69 Å².